The summed E-state index contributed by atoms with van der Waals surface area (Å²) in [5.41, 5.74) is -0.932. The fourth-order valence-electron chi connectivity index (χ4n) is 2.18. The normalized spacial score (nSPS) is 11.1. The van der Waals surface area contributed by atoms with Crippen LogP contribution in [-0.2, 0) is 20.5 Å². The first-order chi connectivity index (χ1) is 13.6. The maximum atomic E-state index is 12.7. The molecule has 0 radical (unpaired) electrons. The number of alkyl halides is 3. The van der Waals surface area contributed by atoms with Gasteiger partial charge in [-0.25, -0.2) is 0 Å². The average Bonchev–Trinajstić information content (AvgIpc) is 2.64. The average molecular weight is 495 g/mol. The molecule has 2 rings (SSSR count). The molecule has 0 heterocycles. The van der Waals surface area contributed by atoms with Crippen LogP contribution in [0.4, 0.5) is 18.9 Å². The minimum Gasteiger partial charge on any atom is -0.492 e. The van der Waals surface area contributed by atoms with Gasteiger partial charge in [0.05, 0.1) is 17.2 Å². The molecular weight excluding hydrogens is 479 g/mol. The number of amides is 1. The minimum absolute atomic E-state index is 0.00495. The Hall–Kier alpha value is -2.26. The Kier molecular flexibility index (Phi) is 8.33. The molecule has 0 unspecified atom stereocenters. The van der Waals surface area contributed by atoms with Crippen molar-refractivity contribution in [1.82, 2.24) is 0 Å². The van der Waals surface area contributed by atoms with Gasteiger partial charge in [0.2, 0.25) is 0 Å². The number of nitrogens with one attached hydrogen (secondary N) is 1. The van der Waals surface area contributed by atoms with Crippen molar-refractivity contribution in [3.8, 4) is 5.75 Å². The van der Waals surface area contributed by atoms with Gasteiger partial charge in [0.25, 0.3) is 5.91 Å². The van der Waals surface area contributed by atoms with E-state index in [1.807, 2.05) is 0 Å². The zero-order valence-electron chi connectivity index (χ0n) is 14.9. The van der Waals surface area contributed by atoms with Crippen LogP contribution in [0.3, 0.4) is 0 Å². The second-order valence-electron chi connectivity index (χ2n) is 5.81. The lowest BCUT2D eigenvalue weighted by Gasteiger charge is -2.10. The molecule has 0 spiro atoms. The molecular formula is C19H16BrClF3NO4. The second-order valence-corrected chi connectivity index (χ2v) is 7.14. The zero-order valence-corrected chi connectivity index (χ0v) is 17.2. The third-order valence-corrected chi connectivity index (χ3v) is 4.30. The number of rotatable bonds is 8. The van der Waals surface area contributed by atoms with Crippen LogP contribution in [0.15, 0.2) is 46.9 Å². The summed E-state index contributed by atoms with van der Waals surface area (Å²) in [6, 6.07) is 9.28. The van der Waals surface area contributed by atoms with Gasteiger partial charge in [0.15, 0.2) is 6.61 Å². The summed E-state index contributed by atoms with van der Waals surface area (Å²) < 4.78 is 49.0. The smallest absolute Gasteiger partial charge is 0.416 e. The number of benzene rings is 2. The van der Waals surface area contributed by atoms with Crippen molar-refractivity contribution in [2.75, 3.05) is 18.5 Å². The molecule has 0 aliphatic rings. The molecule has 156 valence electrons. The van der Waals surface area contributed by atoms with Crippen molar-refractivity contribution < 1.29 is 32.2 Å². The topological polar surface area (TPSA) is 64.6 Å². The molecule has 0 fully saturated rings. The van der Waals surface area contributed by atoms with Crippen molar-refractivity contribution in [1.29, 1.82) is 0 Å². The van der Waals surface area contributed by atoms with E-state index in [0.717, 1.165) is 16.6 Å². The Labute approximate surface area is 178 Å². The SMILES string of the molecule is O=C(COC(=O)CCCOc1ccc(Br)cc1Cl)Nc1cccc(C(F)(F)F)c1. The van der Waals surface area contributed by atoms with Crippen molar-refractivity contribution in [2.24, 2.45) is 0 Å². The van der Waals surface area contributed by atoms with E-state index < -0.39 is 30.2 Å². The first-order valence-corrected chi connectivity index (χ1v) is 9.53. The van der Waals surface area contributed by atoms with Crippen LogP contribution in [0.2, 0.25) is 5.02 Å². The molecule has 0 saturated carbocycles. The van der Waals surface area contributed by atoms with Crippen LogP contribution in [-0.4, -0.2) is 25.1 Å². The fraction of sp³-hybridized carbons (Fsp3) is 0.263. The van der Waals surface area contributed by atoms with E-state index in [9.17, 15) is 22.8 Å². The number of esters is 1. The number of hydrogen-bond donors (Lipinski definition) is 1. The highest BCUT2D eigenvalue weighted by molar-refractivity contribution is 9.10. The lowest BCUT2D eigenvalue weighted by molar-refractivity contribution is -0.147. The monoisotopic (exact) mass is 493 g/mol. The van der Waals surface area contributed by atoms with E-state index >= 15 is 0 Å². The summed E-state index contributed by atoms with van der Waals surface area (Å²) in [5, 5.41) is 2.67. The number of ether oxygens (including phenoxy) is 2. The summed E-state index contributed by atoms with van der Waals surface area (Å²) in [6.45, 7) is -0.388. The molecule has 1 N–H and O–H groups in total. The van der Waals surface area contributed by atoms with E-state index in [0.29, 0.717) is 17.2 Å². The Morgan fingerprint density at radius 2 is 1.90 bits per heavy atom. The van der Waals surface area contributed by atoms with Crippen molar-refractivity contribution >= 4 is 45.1 Å². The molecule has 1 amide bonds. The number of anilines is 1. The van der Waals surface area contributed by atoms with Crippen molar-refractivity contribution in [2.45, 2.75) is 19.0 Å². The van der Waals surface area contributed by atoms with E-state index in [2.05, 4.69) is 21.2 Å². The lowest BCUT2D eigenvalue weighted by atomic mass is 10.2. The van der Waals surface area contributed by atoms with Gasteiger partial charge in [-0.3, -0.25) is 9.59 Å². The van der Waals surface area contributed by atoms with Crippen LogP contribution < -0.4 is 10.1 Å². The van der Waals surface area contributed by atoms with Crippen LogP contribution in [0.1, 0.15) is 18.4 Å². The molecule has 5 nitrogen and oxygen atoms in total. The summed E-state index contributed by atoms with van der Waals surface area (Å²) in [4.78, 5) is 23.4. The maximum Gasteiger partial charge on any atom is 0.416 e. The molecule has 2 aromatic rings. The third-order valence-electron chi connectivity index (χ3n) is 3.51. The Bertz CT molecular complexity index is 877. The highest BCUT2D eigenvalue weighted by atomic mass is 79.9. The summed E-state index contributed by atoms with van der Waals surface area (Å²) in [6.07, 6.45) is -4.18. The van der Waals surface area contributed by atoms with Crippen molar-refractivity contribution in [3.05, 3.63) is 57.5 Å². The first kappa shape index (κ1) is 23.0. The standard InChI is InChI=1S/C19H16BrClF3NO4/c20-13-6-7-16(15(21)10-13)28-8-2-5-18(27)29-11-17(26)25-14-4-1-3-12(9-14)19(22,23)24/h1,3-4,6-7,9-10H,2,5,8,11H2,(H,25,26). The Morgan fingerprint density at radius 1 is 1.14 bits per heavy atom. The van der Waals surface area contributed by atoms with Gasteiger partial charge in [-0.15, -0.1) is 0 Å². The zero-order chi connectivity index (χ0) is 21.4. The van der Waals surface area contributed by atoms with Gasteiger partial charge in [0.1, 0.15) is 5.75 Å². The van der Waals surface area contributed by atoms with E-state index in [-0.39, 0.29) is 18.7 Å². The molecule has 0 aliphatic heterocycles. The molecule has 2 aromatic carbocycles. The summed E-state index contributed by atoms with van der Waals surface area (Å²) in [7, 11) is 0. The first-order valence-electron chi connectivity index (χ1n) is 8.36. The van der Waals surface area contributed by atoms with Crippen LogP contribution >= 0.6 is 27.5 Å². The van der Waals surface area contributed by atoms with Crippen molar-refractivity contribution in [3.63, 3.8) is 0 Å². The minimum atomic E-state index is -4.52. The number of carbonyl (C=O) groups is 2. The Balaban J connectivity index is 1.69. The fourth-order valence-corrected chi connectivity index (χ4v) is 2.91. The summed E-state index contributed by atoms with van der Waals surface area (Å²) in [5.74, 6) is -0.894. The van der Waals surface area contributed by atoms with Crippen LogP contribution in [0.25, 0.3) is 0 Å². The predicted octanol–water partition coefficient (Wildman–Crippen LogP) is 5.46. The van der Waals surface area contributed by atoms with Gasteiger partial charge in [-0.1, -0.05) is 33.6 Å². The second kappa shape index (κ2) is 10.5. The van der Waals surface area contributed by atoms with Crippen LogP contribution in [0.5, 0.6) is 5.75 Å². The molecule has 0 aliphatic carbocycles. The third kappa shape index (κ3) is 7.94. The van der Waals surface area contributed by atoms with Gasteiger partial charge in [-0.2, -0.15) is 13.2 Å². The highest BCUT2D eigenvalue weighted by Gasteiger charge is 2.30. The van der Waals surface area contributed by atoms with Gasteiger partial charge >= 0.3 is 12.1 Å². The number of carbonyl (C=O) groups excluding carboxylic acids is 2. The molecule has 0 aromatic heterocycles. The molecule has 0 bridgehead atoms. The predicted molar refractivity (Wildman–Crippen MR) is 105 cm³/mol. The highest BCUT2D eigenvalue weighted by Crippen LogP contribution is 2.30. The molecule has 10 heteroatoms. The van der Waals surface area contributed by atoms with Gasteiger partial charge in [-0.05, 0) is 42.8 Å². The summed E-state index contributed by atoms with van der Waals surface area (Å²) >= 11 is 9.28. The molecule has 0 atom stereocenters. The number of hydrogen-bond acceptors (Lipinski definition) is 4. The van der Waals surface area contributed by atoms with Crippen LogP contribution in [0, 0.1) is 0 Å². The Morgan fingerprint density at radius 3 is 2.59 bits per heavy atom. The van der Waals surface area contributed by atoms with Gasteiger partial charge < -0.3 is 14.8 Å². The maximum absolute atomic E-state index is 12.7. The lowest BCUT2D eigenvalue weighted by Crippen LogP contribution is -2.21. The van der Waals surface area contributed by atoms with Gasteiger partial charge in [0, 0.05) is 16.6 Å². The molecule has 0 saturated heterocycles. The van der Waals surface area contributed by atoms with E-state index in [1.54, 1.807) is 18.2 Å². The largest absolute Gasteiger partial charge is 0.492 e. The molecule has 29 heavy (non-hydrogen) atoms. The number of halogens is 5. The van der Waals surface area contributed by atoms with E-state index in [1.165, 1.54) is 12.1 Å². The van der Waals surface area contributed by atoms with E-state index in [4.69, 9.17) is 21.1 Å². The quantitative estimate of drug-likeness (QED) is 0.391.